The Morgan fingerprint density at radius 2 is 1.16 bits per heavy atom. The van der Waals surface area contributed by atoms with Gasteiger partial charge in [0.25, 0.3) is 0 Å². The second kappa shape index (κ2) is 8.78. The number of aryl methyl sites for hydroxylation is 3. The largest absolute Gasteiger partial charge is 0.309 e. The Hall–Kier alpha value is -4.10. The molecule has 0 N–H and O–H groups in total. The number of para-hydroxylation sites is 2. The molecule has 0 amide bonds. The van der Waals surface area contributed by atoms with Crippen molar-refractivity contribution < 1.29 is 0 Å². The lowest BCUT2D eigenvalue weighted by Crippen LogP contribution is -2.19. The van der Waals surface area contributed by atoms with Gasteiger partial charge in [-0.25, -0.2) is 0 Å². The monoisotopic (exact) mass is 479 g/mol. The van der Waals surface area contributed by atoms with Crippen LogP contribution in [0.3, 0.4) is 0 Å². The molecule has 37 heavy (non-hydrogen) atoms. The van der Waals surface area contributed by atoms with Gasteiger partial charge in [-0.1, -0.05) is 92.7 Å². The van der Waals surface area contributed by atoms with E-state index >= 15 is 0 Å². The molecule has 0 atom stereocenters. The predicted molar refractivity (Wildman–Crippen MR) is 159 cm³/mol. The quantitative estimate of drug-likeness (QED) is 0.237. The van der Waals surface area contributed by atoms with Gasteiger partial charge in [-0.05, 0) is 90.0 Å². The molecule has 0 aliphatic carbocycles. The first-order chi connectivity index (χ1) is 17.8. The van der Waals surface area contributed by atoms with Crippen molar-refractivity contribution in [3.63, 3.8) is 0 Å². The number of aromatic nitrogens is 1. The van der Waals surface area contributed by atoms with Crippen molar-refractivity contribution in [2.24, 2.45) is 0 Å². The maximum Gasteiger partial charge on any atom is 0.0541 e. The number of nitrogens with zero attached hydrogens (tertiary/aromatic N) is 1. The Labute approximate surface area is 220 Å². The minimum absolute atomic E-state index is 0.0607. The normalized spacial score (nSPS) is 11.9. The van der Waals surface area contributed by atoms with Crippen molar-refractivity contribution in [2.45, 2.75) is 40.0 Å². The molecule has 0 unspecified atom stereocenters. The van der Waals surface area contributed by atoms with E-state index in [0.29, 0.717) is 0 Å². The molecular formula is C36H33N. The van der Waals surface area contributed by atoms with Crippen LogP contribution in [0.2, 0.25) is 0 Å². The lowest BCUT2D eigenvalue weighted by molar-refractivity contribution is 0.639. The van der Waals surface area contributed by atoms with Gasteiger partial charge in [-0.3, -0.25) is 0 Å². The Morgan fingerprint density at radius 1 is 0.514 bits per heavy atom. The topological polar surface area (TPSA) is 4.93 Å². The van der Waals surface area contributed by atoms with Crippen molar-refractivity contribution >= 4 is 21.8 Å². The highest BCUT2D eigenvalue weighted by atomic mass is 15.0. The first-order valence-corrected chi connectivity index (χ1v) is 13.1. The summed E-state index contributed by atoms with van der Waals surface area (Å²) in [7, 11) is 0. The molecule has 0 saturated heterocycles. The number of rotatable bonds is 4. The minimum Gasteiger partial charge on any atom is -0.309 e. The van der Waals surface area contributed by atoms with E-state index < -0.39 is 0 Å². The maximum absolute atomic E-state index is 2.38. The molecular weight excluding hydrogens is 446 g/mol. The van der Waals surface area contributed by atoms with Gasteiger partial charge in [0.1, 0.15) is 0 Å². The van der Waals surface area contributed by atoms with Crippen molar-refractivity contribution in [1.29, 1.82) is 0 Å². The summed E-state index contributed by atoms with van der Waals surface area (Å²) in [5.74, 6) is 0. The highest BCUT2D eigenvalue weighted by Crippen LogP contribution is 2.38. The Balaban J connectivity index is 1.46. The molecule has 0 bridgehead atoms. The molecule has 5 aromatic carbocycles. The SMILES string of the molecule is Cc1ccc(C(C)(C)c2ccc(-c3ccc4c(c3)c3ccccc3n4-c3ccccc3)c(C)c2)cc1C. The van der Waals surface area contributed by atoms with Gasteiger partial charge in [0.15, 0.2) is 0 Å². The molecule has 0 aliphatic heterocycles. The Kier molecular flexibility index (Phi) is 5.53. The van der Waals surface area contributed by atoms with Crippen LogP contribution in [0.25, 0.3) is 38.6 Å². The fourth-order valence-electron chi connectivity index (χ4n) is 5.67. The van der Waals surface area contributed by atoms with E-state index in [4.69, 9.17) is 0 Å². The fourth-order valence-corrected chi connectivity index (χ4v) is 5.67. The van der Waals surface area contributed by atoms with Gasteiger partial charge in [-0.15, -0.1) is 0 Å². The summed E-state index contributed by atoms with van der Waals surface area (Å²) in [5, 5.41) is 2.57. The second-order valence-corrected chi connectivity index (χ2v) is 10.9. The van der Waals surface area contributed by atoms with Crippen LogP contribution in [0.4, 0.5) is 0 Å². The van der Waals surface area contributed by atoms with Crippen molar-refractivity contribution in [3.8, 4) is 16.8 Å². The number of hydrogen-bond donors (Lipinski definition) is 0. The van der Waals surface area contributed by atoms with Gasteiger partial charge < -0.3 is 4.57 Å². The highest BCUT2D eigenvalue weighted by molar-refractivity contribution is 6.10. The summed E-state index contributed by atoms with van der Waals surface area (Å²) in [6.45, 7) is 11.3. The first-order valence-electron chi connectivity index (χ1n) is 13.1. The van der Waals surface area contributed by atoms with Gasteiger partial charge in [0.05, 0.1) is 11.0 Å². The number of benzene rings is 5. The predicted octanol–water partition coefficient (Wildman–Crippen LogP) is 9.70. The average Bonchev–Trinajstić information content (AvgIpc) is 3.24. The van der Waals surface area contributed by atoms with E-state index in [2.05, 4.69) is 148 Å². The molecule has 0 aliphatic rings. The molecule has 182 valence electrons. The van der Waals surface area contributed by atoms with Crippen molar-refractivity contribution in [1.82, 2.24) is 4.57 Å². The van der Waals surface area contributed by atoms with Crippen molar-refractivity contribution in [2.75, 3.05) is 0 Å². The van der Waals surface area contributed by atoms with E-state index in [9.17, 15) is 0 Å². The summed E-state index contributed by atoms with van der Waals surface area (Å²) in [6, 6.07) is 40.2. The van der Waals surface area contributed by atoms with Crippen molar-refractivity contribution in [3.05, 3.63) is 137 Å². The minimum atomic E-state index is -0.0607. The zero-order valence-corrected chi connectivity index (χ0v) is 22.3. The highest BCUT2D eigenvalue weighted by Gasteiger charge is 2.24. The maximum atomic E-state index is 2.38. The first kappa shape index (κ1) is 23.3. The van der Waals surface area contributed by atoms with E-state index in [-0.39, 0.29) is 5.41 Å². The zero-order chi connectivity index (χ0) is 25.7. The molecule has 1 aromatic heterocycles. The standard InChI is InChI=1S/C36H33N/c1-24-15-17-28(21-25(24)2)36(4,5)29-18-19-31(26(3)22-29)27-16-20-35-33(23-27)32-13-9-10-14-34(32)37(35)30-11-7-6-8-12-30/h6-23H,1-5H3. The van der Waals surface area contributed by atoms with E-state index in [1.165, 1.54) is 66.4 Å². The van der Waals surface area contributed by atoms with Crippen LogP contribution in [0.15, 0.2) is 109 Å². The molecule has 1 heteroatoms. The van der Waals surface area contributed by atoms with E-state index in [1.54, 1.807) is 0 Å². The molecule has 0 spiro atoms. The third-order valence-electron chi connectivity index (χ3n) is 8.17. The zero-order valence-electron chi connectivity index (χ0n) is 22.3. The molecule has 1 nitrogen and oxygen atoms in total. The Bertz CT molecular complexity index is 1770. The summed E-state index contributed by atoms with van der Waals surface area (Å²) < 4.78 is 2.37. The van der Waals surface area contributed by atoms with Crippen LogP contribution in [0.5, 0.6) is 0 Å². The molecule has 0 radical (unpaired) electrons. The molecule has 1 heterocycles. The number of fused-ring (bicyclic) bond motifs is 3. The van der Waals surface area contributed by atoms with Crippen LogP contribution in [-0.4, -0.2) is 4.57 Å². The van der Waals surface area contributed by atoms with Crippen LogP contribution in [0, 0.1) is 20.8 Å². The van der Waals surface area contributed by atoms with E-state index in [0.717, 1.165) is 0 Å². The molecule has 0 fully saturated rings. The summed E-state index contributed by atoms with van der Waals surface area (Å²) >= 11 is 0. The van der Waals surface area contributed by atoms with Crippen LogP contribution < -0.4 is 0 Å². The average molecular weight is 480 g/mol. The van der Waals surface area contributed by atoms with E-state index in [1.807, 2.05) is 0 Å². The third kappa shape index (κ3) is 3.86. The summed E-state index contributed by atoms with van der Waals surface area (Å²) in [4.78, 5) is 0. The lowest BCUT2D eigenvalue weighted by atomic mass is 9.76. The second-order valence-electron chi connectivity index (χ2n) is 10.9. The van der Waals surface area contributed by atoms with Crippen LogP contribution in [-0.2, 0) is 5.41 Å². The van der Waals surface area contributed by atoms with Gasteiger partial charge in [0, 0.05) is 21.9 Å². The lowest BCUT2D eigenvalue weighted by Gasteiger charge is -2.28. The van der Waals surface area contributed by atoms with Gasteiger partial charge >= 0.3 is 0 Å². The third-order valence-corrected chi connectivity index (χ3v) is 8.17. The number of hydrogen-bond acceptors (Lipinski definition) is 0. The molecule has 6 rings (SSSR count). The Morgan fingerprint density at radius 3 is 1.89 bits per heavy atom. The smallest absolute Gasteiger partial charge is 0.0541 e. The van der Waals surface area contributed by atoms with Crippen LogP contribution in [0.1, 0.15) is 41.7 Å². The fraction of sp³-hybridized carbons (Fsp3) is 0.167. The summed E-state index contributed by atoms with van der Waals surface area (Å²) in [6.07, 6.45) is 0. The van der Waals surface area contributed by atoms with Gasteiger partial charge in [-0.2, -0.15) is 0 Å². The van der Waals surface area contributed by atoms with Crippen LogP contribution >= 0.6 is 0 Å². The summed E-state index contributed by atoms with van der Waals surface area (Å²) in [5.41, 5.74) is 12.9. The molecule has 0 saturated carbocycles. The van der Waals surface area contributed by atoms with Gasteiger partial charge in [0.2, 0.25) is 0 Å². The molecule has 6 aromatic rings.